The van der Waals surface area contributed by atoms with Gasteiger partial charge in [-0.15, -0.1) is 0 Å². The Morgan fingerprint density at radius 1 is 1.31 bits per heavy atom. The predicted octanol–water partition coefficient (Wildman–Crippen LogP) is 1.90. The molecule has 0 saturated carbocycles. The molecule has 1 unspecified atom stereocenters. The van der Waals surface area contributed by atoms with Crippen molar-refractivity contribution in [2.24, 2.45) is 5.73 Å². The van der Waals surface area contributed by atoms with Crippen LogP contribution in [0.25, 0.3) is 0 Å². The number of nitrogens with two attached hydrogens (primary N) is 1. The molecule has 1 amide bonds. The highest BCUT2D eigenvalue weighted by Crippen LogP contribution is 2.20. The minimum Gasteiger partial charge on any atom is -0.326 e. The van der Waals surface area contributed by atoms with E-state index in [4.69, 9.17) is 5.73 Å². The first kappa shape index (κ1) is 12.5. The van der Waals surface area contributed by atoms with Gasteiger partial charge in [-0.05, 0) is 12.1 Å². The maximum Gasteiger partial charge on any atom is 0.404 e. The predicted molar refractivity (Wildman–Crippen MR) is 53.7 cm³/mol. The first-order valence-corrected chi connectivity index (χ1v) is 4.57. The van der Waals surface area contributed by atoms with E-state index in [9.17, 15) is 18.0 Å². The Labute approximate surface area is 90.4 Å². The lowest BCUT2D eigenvalue weighted by atomic mass is 10.2. The average Bonchev–Trinajstić information content (AvgIpc) is 2.17. The normalized spacial score (nSPS) is 13.2. The van der Waals surface area contributed by atoms with Crippen LogP contribution in [0, 0.1) is 0 Å². The molecule has 3 nitrogen and oxygen atoms in total. The number of halogens is 3. The van der Waals surface area contributed by atoms with E-state index in [-0.39, 0.29) is 0 Å². The highest BCUT2D eigenvalue weighted by molar-refractivity contribution is 5.91. The van der Waals surface area contributed by atoms with Gasteiger partial charge in [0.15, 0.2) is 0 Å². The average molecular weight is 232 g/mol. The Hall–Kier alpha value is -1.56. The molecule has 1 aromatic rings. The van der Waals surface area contributed by atoms with Crippen molar-refractivity contribution in [1.82, 2.24) is 0 Å². The van der Waals surface area contributed by atoms with E-state index in [1.165, 1.54) is 0 Å². The highest BCUT2D eigenvalue weighted by atomic mass is 19.4. The Morgan fingerprint density at radius 3 is 2.38 bits per heavy atom. The van der Waals surface area contributed by atoms with E-state index < -0.39 is 24.5 Å². The van der Waals surface area contributed by atoms with Crippen molar-refractivity contribution >= 4 is 11.6 Å². The largest absolute Gasteiger partial charge is 0.404 e. The quantitative estimate of drug-likeness (QED) is 0.836. The molecule has 0 saturated heterocycles. The van der Waals surface area contributed by atoms with Gasteiger partial charge in [0, 0.05) is 5.69 Å². The van der Waals surface area contributed by atoms with Crippen LogP contribution >= 0.6 is 0 Å². The van der Waals surface area contributed by atoms with Crippen molar-refractivity contribution in [3.05, 3.63) is 30.3 Å². The number of hydrogen-bond donors (Lipinski definition) is 2. The number of alkyl halides is 3. The Bertz CT molecular complexity index is 351. The maximum absolute atomic E-state index is 12.0. The van der Waals surface area contributed by atoms with E-state index in [1.54, 1.807) is 30.3 Å². The van der Waals surface area contributed by atoms with Crippen LogP contribution in [0.2, 0.25) is 0 Å². The van der Waals surface area contributed by atoms with Crippen LogP contribution in [0.15, 0.2) is 30.3 Å². The minimum atomic E-state index is -4.55. The molecule has 0 radical (unpaired) electrons. The fourth-order valence-corrected chi connectivity index (χ4v) is 1.05. The van der Waals surface area contributed by atoms with Crippen LogP contribution in [0.1, 0.15) is 6.42 Å². The summed E-state index contributed by atoms with van der Waals surface area (Å²) in [6, 6.07) is 6.10. The third-order valence-electron chi connectivity index (χ3n) is 1.88. The zero-order valence-corrected chi connectivity index (χ0v) is 8.29. The number of carbonyl (C=O) groups excluding carboxylic acids is 1. The second-order valence-corrected chi connectivity index (χ2v) is 3.27. The van der Waals surface area contributed by atoms with E-state index in [0.29, 0.717) is 5.69 Å². The summed E-state index contributed by atoms with van der Waals surface area (Å²) in [7, 11) is 0. The lowest BCUT2D eigenvalue weighted by molar-refractivity contribution is -0.153. The molecule has 0 aromatic heterocycles. The molecule has 0 aliphatic heterocycles. The molecule has 0 heterocycles. The summed E-state index contributed by atoms with van der Waals surface area (Å²) < 4.78 is 36.1. The Balaban J connectivity index is 2.49. The lowest BCUT2D eigenvalue weighted by Crippen LogP contribution is -2.40. The van der Waals surface area contributed by atoms with Gasteiger partial charge in [-0.1, -0.05) is 18.2 Å². The van der Waals surface area contributed by atoms with Crippen molar-refractivity contribution in [2.75, 3.05) is 5.32 Å². The van der Waals surface area contributed by atoms with Crippen molar-refractivity contribution in [2.45, 2.75) is 18.6 Å². The Morgan fingerprint density at radius 2 is 1.88 bits per heavy atom. The first-order valence-electron chi connectivity index (χ1n) is 4.57. The molecular weight excluding hydrogens is 221 g/mol. The SMILES string of the molecule is NC(CC(=O)Nc1ccccc1)C(F)(F)F. The van der Waals surface area contributed by atoms with Gasteiger partial charge in [-0.2, -0.15) is 13.2 Å². The highest BCUT2D eigenvalue weighted by Gasteiger charge is 2.37. The zero-order valence-electron chi connectivity index (χ0n) is 8.29. The molecule has 0 aliphatic rings. The van der Waals surface area contributed by atoms with E-state index in [1.807, 2.05) is 0 Å². The Kier molecular flexibility index (Phi) is 3.89. The molecule has 1 aromatic carbocycles. The number of hydrogen-bond acceptors (Lipinski definition) is 2. The molecule has 0 bridgehead atoms. The van der Waals surface area contributed by atoms with Crippen molar-refractivity contribution in [1.29, 1.82) is 0 Å². The molecule has 0 spiro atoms. The fourth-order valence-electron chi connectivity index (χ4n) is 1.05. The summed E-state index contributed by atoms with van der Waals surface area (Å²) in [4.78, 5) is 11.2. The van der Waals surface area contributed by atoms with Crippen molar-refractivity contribution in [3.8, 4) is 0 Å². The molecule has 0 fully saturated rings. The van der Waals surface area contributed by atoms with Crippen LogP contribution in [-0.4, -0.2) is 18.1 Å². The third kappa shape index (κ3) is 3.90. The molecule has 0 aliphatic carbocycles. The monoisotopic (exact) mass is 232 g/mol. The van der Waals surface area contributed by atoms with Gasteiger partial charge in [0.2, 0.25) is 5.91 Å². The number of nitrogens with one attached hydrogen (secondary N) is 1. The molecule has 1 atom stereocenters. The number of rotatable bonds is 3. The standard InChI is InChI=1S/C10H11F3N2O/c11-10(12,13)8(14)6-9(16)15-7-4-2-1-3-5-7/h1-5,8H,6,14H2,(H,15,16). The number of benzene rings is 1. The molecule has 88 valence electrons. The number of amides is 1. The second-order valence-electron chi connectivity index (χ2n) is 3.27. The fraction of sp³-hybridized carbons (Fsp3) is 0.300. The van der Waals surface area contributed by atoms with Crippen LogP contribution < -0.4 is 11.1 Å². The molecule has 3 N–H and O–H groups in total. The van der Waals surface area contributed by atoms with Crippen molar-refractivity contribution < 1.29 is 18.0 Å². The summed E-state index contributed by atoms with van der Waals surface area (Å²) in [6.45, 7) is 0. The smallest absolute Gasteiger partial charge is 0.326 e. The van der Waals surface area contributed by atoms with Crippen LogP contribution in [0.4, 0.5) is 18.9 Å². The summed E-state index contributed by atoms with van der Waals surface area (Å²) in [5.41, 5.74) is 5.27. The van der Waals surface area contributed by atoms with Gasteiger partial charge in [-0.25, -0.2) is 0 Å². The first-order chi connectivity index (χ1) is 7.39. The van der Waals surface area contributed by atoms with Crippen LogP contribution in [0.5, 0.6) is 0 Å². The van der Waals surface area contributed by atoms with Gasteiger partial charge in [0.05, 0.1) is 6.42 Å². The number of para-hydroxylation sites is 1. The summed E-state index contributed by atoms with van der Waals surface area (Å²) in [5, 5.41) is 2.33. The van der Waals surface area contributed by atoms with E-state index in [0.717, 1.165) is 0 Å². The van der Waals surface area contributed by atoms with Crippen molar-refractivity contribution in [3.63, 3.8) is 0 Å². The maximum atomic E-state index is 12.0. The molecular formula is C10H11F3N2O. The second kappa shape index (κ2) is 4.98. The van der Waals surface area contributed by atoms with Gasteiger partial charge >= 0.3 is 6.18 Å². The molecule has 16 heavy (non-hydrogen) atoms. The summed E-state index contributed by atoms with van der Waals surface area (Å²) >= 11 is 0. The molecule has 1 rings (SSSR count). The van der Waals surface area contributed by atoms with E-state index >= 15 is 0 Å². The van der Waals surface area contributed by atoms with Gasteiger partial charge in [0.1, 0.15) is 6.04 Å². The van der Waals surface area contributed by atoms with Gasteiger partial charge < -0.3 is 11.1 Å². The topological polar surface area (TPSA) is 55.1 Å². The van der Waals surface area contributed by atoms with Gasteiger partial charge in [-0.3, -0.25) is 4.79 Å². The summed E-state index contributed by atoms with van der Waals surface area (Å²) in [6.07, 6.45) is -5.33. The van der Waals surface area contributed by atoms with Crippen LogP contribution in [0.3, 0.4) is 0 Å². The van der Waals surface area contributed by atoms with Gasteiger partial charge in [0.25, 0.3) is 0 Å². The zero-order chi connectivity index (χ0) is 12.2. The number of carbonyl (C=O) groups is 1. The third-order valence-corrected chi connectivity index (χ3v) is 1.88. The summed E-state index contributed by atoms with van der Waals surface area (Å²) in [5.74, 6) is -0.754. The lowest BCUT2D eigenvalue weighted by Gasteiger charge is -2.14. The minimum absolute atomic E-state index is 0.446. The number of anilines is 1. The molecule has 6 heteroatoms. The van der Waals surface area contributed by atoms with Crippen LogP contribution in [-0.2, 0) is 4.79 Å². The van der Waals surface area contributed by atoms with E-state index in [2.05, 4.69) is 5.32 Å².